The number of hydrogen-bond donors (Lipinski definition) is 1. The number of benzene rings is 1. The van der Waals surface area contributed by atoms with Gasteiger partial charge in [0.1, 0.15) is 5.69 Å². The SMILES string of the molecule is C=CCOC[C@@H](O)CN(Cc1c(-c2ccccc2)noc1N1CCOCC1)C[C@H]1CCCO1. The maximum absolute atomic E-state index is 10.6. The summed E-state index contributed by atoms with van der Waals surface area (Å²) in [5.74, 6) is 0.784. The molecule has 0 saturated carbocycles. The van der Waals surface area contributed by atoms with Gasteiger partial charge in [-0.2, -0.15) is 0 Å². The van der Waals surface area contributed by atoms with Gasteiger partial charge in [0.25, 0.3) is 0 Å². The number of aliphatic hydroxyl groups is 1. The molecule has 1 aromatic heterocycles. The summed E-state index contributed by atoms with van der Waals surface area (Å²) in [5.41, 5.74) is 2.88. The van der Waals surface area contributed by atoms with Crippen molar-refractivity contribution < 1.29 is 23.8 Å². The first kappa shape index (κ1) is 23.9. The van der Waals surface area contributed by atoms with Crippen molar-refractivity contribution in [2.24, 2.45) is 0 Å². The molecule has 1 N–H and O–H groups in total. The van der Waals surface area contributed by atoms with Crippen LogP contribution in [-0.4, -0.2) is 86.6 Å². The molecule has 8 heteroatoms. The zero-order chi connectivity index (χ0) is 22.9. The molecule has 0 amide bonds. The van der Waals surface area contributed by atoms with Crippen LogP contribution in [0.5, 0.6) is 0 Å². The molecule has 33 heavy (non-hydrogen) atoms. The minimum atomic E-state index is -0.613. The van der Waals surface area contributed by atoms with Crippen LogP contribution in [-0.2, 0) is 20.8 Å². The highest BCUT2D eigenvalue weighted by Gasteiger charge is 2.28. The van der Waals surface area contributed by atoms with E-state index in [4.69, 9.17) is 18.7 Å². The second-order valence-corrected chi connectivity index (χ2v) is 8.59. The van der Waals surface area contributed by atoms with E-state index < -0.39 is 6.10 Å². The first-order valence-electron chi connectivity index (χ1n) is 11.8. The average Bonchev–Trinajstić information content (AvgIpc) is 3.50. The van der Waals surface area contributed by atoms with Crippen molar-refractivity contribution in [1.82, 2.24) is 10.1 Å². The van der Waals surface area contributed by atoms with E-state index in [1.165, 1.54) is 0 Å². The average molecular weight is 458 g/mol. The van der Waals surface area contributed by atoms with Crippen molar-refractivity contribution >= 4 is 5.88 Å². The van der Waals surface area contributed by atoms with Gasteiger partial charge in [-0.25, -0.2) is 0 Å². The summed E-state index contributed by atoms with van der Waals surface area (Å²) in [6.45, 7) is 9.81. The zero-order valence-electron chi connectivity index (χ0n) is 19.2. The Balaban J connectivity index is 1.58. The number of aliphatic hydroxyl groups excluding tert-OH is 1. The Morgan fingerprint density at radius 3 is 2.79 bits per heavy atom. The molecule has 0 bridgehead atoms. The van der Waals surface area contributed by atoms with Crippen molar-refractivity contribution in [3.63, 3.8) is 0 Å². The third-order valence-corrected chi connectivity index (χ3v) is 6.00. The summed E-state index contributed by atoms with van der Waals surface area (Å²) >= 11 is 0. The van der Waals surface area contributed by atoms with Crippen LogP contribution in [0.4, 0.5) is 5.88 Å². The molecule has 3 heterocycles. The van der Waals surface area contributed by atoms with Gasteiger partial charge in [-0.15, -0.1) is 6.58 Å². The van der Waals surface area contributed by atoms with E-state index in [1.54, 1.807) is 6.08 Å². The zero-order valence-corrected chi connectivity index (χ0v) is 19.2. The second-order valence-electron chi connectivity index (χ2n) is 8.59. The van der Waals surface area contributed by atoms with Gasteiger partial charge in [-0.3, -0.25) is 4.90 Å². The number of nitrogens with zero attached hydrogens (tertiary/aromatic N) is 3. The predicted molar refractivity (Wildman–Crippen MR) is 126 cm³/mol. The summed E-state index contributed by atoms with van der Waals surface area (Å²) in [7, 11) is 0. The maximum Gasteiger partial charge on any atom is 0.232 e. The van der Waals surface area contributed by atoms with Crippen LogP contribution in [0.25, 0.3) is 11.3 Å². The topological polar surface area (TPSA) is 80.4 Å². The van der Waals surface area contributed by atoms with Crippen LogP contribution in [0, 0.1) is 0 Å². The van der Waals surface area contributed by atoms with E-state index in [1.807, 2.05) is 30.3 Å². The molecular formula is C25H35N3O5. The third kappa shape index (κ3) is 6.65. The summed E-state index contributed by atoms with van der Waals surface area (Å²) in [6.07, 6.45) is 3.35. The molecule has 1 aromatic carbocycles. The third-order valence-electron chi connectivity index (χ3n) is 6.00. The van der Waals surface area contributed by atoms with Crippen LogP contribution >= 0.6 is 0 Å². The highest BCUT2D eigenvalue weighted by Crippen LogP contribution is 2.33. The number of hydrogen-bond acceptors (Lipinski definition) is 8. The number of aromatic nitrogens is 1. The number of anilines is 1. The first-order chi connectivity index (χ1) is 16.2. The Morgan fingerprint density at radius 1 is 1.24 bits per heavy atom. The van der Waals surface area contributed by atoms with Gasteiger partial charge < -0.3 is 28.7 Å². The summed E-state index contributed by atoms with van der Waals surface area (Å²) in [5, 5.41) is 15.1. The van der Waals surface area contributed by atoms with E-state index in [-0.39, 0.29) is 12.7 Å². The summed E-state index contributed by atoms with van der Waals surface area (Å²) < 4.78 is 22.8. The predicted octanol–water partition coefficient (Wildman–Crippen LogP) is 2.72. The first-order valence-corrected chi connectivity index (χ1v) is 11.8. The molecule has 0 unspecified atom stereocenters. The number of rotatable bonds is 12. The Kier molecular flexibility index (Phi) is 8.91. The van der Waals surface area contributed by atoms with Gasteiger partial charge >= 0.3 is 0 Å². The molecule has 2 aliphatic heterocycles. The van der Waals surface area contributed by atoms with E-state index in [9.17, 15) is 5.11 Å². The monoisotopic (exact) mass is 457 g/mol. The highest BCUT2D eigenvalue weighted by atomic mass is 16.5. The smallest absolute Gasteiger partial charge is 0.232 e. The van der Waals surface area contributed by atoms with E-state index >= 15 is 0 Å². The van der Waals surface area contributed by atoms with Crippen molar-refractivity contribution in [3.05, 3.63) is 48.6 Å². The lowest BCUT2D eigenvalue weighted by Gasteiger charge is -2.30. The molecule has 8 nitrogen and oxygen atoms in total. The van der Waals surface area contributed by atoms with Gasteiger partial charge in [-0.1, -0.05) is 41.6 Å². The fraction of sp³-hybridized carbons (Fsp3) is 0.560. The normalized spacial score (nSPS) is 19.8. The van der Waals surface area contributed by atoms with Crippen LogP contribution in [0.15, 0.2) is 47.5 Å². The summed E-state index contributed by atoms with van der Waals surface area (Å²) in [6, 6.07) is 10.1. The lowest BCUT2D eigenvalue weighted by molar-refractivity contribution is 0.00857. The Labute approximate surface area is 195 Å². The molecule has 180 valence electrons. The molecule has 4 rings (SSSR count). The van der Waals surface area contributed by atoms with Crippen LogP contribution in [0.3, 0.4) is 0 Å². The van der Waals surface area contributed by atoms with Crippen LogP contribution in [0.2, 0.25) is 0 Å². The van der Waals surface area contributed by atoms with Crippen molar-refractivity contribution in [2.75, 3.05) is 64.1 Å². The second kappa shape index (κ2) is 12.3. The van der Waals surface area contributed by atoms with Crippen molar-refractivity contribution in [3.8, 4) is 11.3 Å². The van der Waals surface area contributed by atoms with Crippen molar-refractivity contribution in [1.29, 1.82) is 0 Å². The molecular weight excluding hydrogens is 422 g/mol. The van der Waals surface area contributed by atoms with E-state index in [0.717, 1.165) is 61.8 Å². The Bertz CT molecular complexity index is 847. The Morgan fingerprint density at radius 2 is 2.06 bits per heavy atom. The molecule has 2 aromatic rings. The number of ether oxygens (including phenoxy) is 3. The minimum absolute atomic E-state index is 0.165. The molecule has 0 radical (unpaired) electrons. The lowest BCUT2D eigenvalue weighted by atomic mass is 10.1. The lowest BCUT2D eigenvalue weighted by Crippen LogP contribution is -2.40. The van der Waals surface area contributed by atoms with Crippen molar-refractivity contribution in [2.45, 2.75) is 31.6 Å². The van der Waals surface area contributed by atoms with Gasteiger partial charge in [0.15, 0.2) is 0 Å². The number of morpholine rings is 1. The quantitative estimate of drug-likeness (QED) is 0.385. The Hall–Kier alpha value is -2.23. The summed E-state index contributed by atoms with van der Waals surface area (Å²) in [4.78, 5) is 4.44. The van der Waals surface area contributed by atoms with Gasteiger partial charge in [0.2, 0.25) is 5.88 Å². The minimum Gasteiger partial charge on any atom is -0.389 e. The molecule has 2 aliphatic rings. The molecule has 0 aliphatic carbocycles. The fourth-order valence-corrected chi connectivity index (χ4v) is 4.42. The maximum atomic E-state index is 10.6. The molecule has 2 fully saturated rings. The van der Waals surface area contributed by atoms with Gasteiger partial charge in [0.05, 0.1) is 44.2 Å². The van der Waals surface area contributed by atoms with Crippen LogP contribution < -0.4 is 4.90 Å². The molecule has 2 saturated heterocycles. The molecule has 0 spiro atoms. The highest BCUT2D eigenvalue weighted by molar-refractivity contribution is 5.68. The van der Waals surface area contributed by atoms with E-state index in [2.05, 4.69) is 21.5 Å². The van der Waals surface area contributed by atoms with Gasteiger partial charge in [0, 0.05) is 44.9 Å². The molecule has 2 atom stereocenters. The van der Waals surface area contributed by atoms with Gasteiger partial charge in [-0.05, 0) is 12.8 Å². The fourth-order valence-electron chi connectivity index (χ4n) is 4.42. The van der Waals surface area contributed by atoms with E-state index in [0.29, 0.717) is 32.9 Å². The largest absolute Gasteiger partial charge is 0.389 e. The standard InChI is InChI=1S/C25H35N3O5/c1-2-12-31-19-21(29)16-27(17-22-9-6-13-32-22)18-23-24(20-7-4-3-5-8-20)26-33-25(23)28-10-14-30-15-11-28/h2-5,7-8,21-22,29H,1,6,9-19H2/t21-,22+/m0/s1. The van der Waals surface area contributed by atoms with Crippen LogP contribution in [0.1, 0.15) is 18.4 Å².